The third-order valence-corrected chi connectivity index (χ3v) is 4.94. The fourth-order valence-corrected chi connectivity index (χ4v) is 3.73. The van der Waals surface area contributed by atoms with Crippen molar-refractivity contribution in [2.24, 2.45) is 4.99 Å². The molecule has 23 heavy (non-hydrogen) atoms. The van der Waals surface area contributed by atoms with E-state index in [-0.39, 0.29) is 0 Å². The number of hydrogen-bond donors (Lipinski definition) is 1. The zero-order chi connectivity index (χ0) is 16.2. The molecule has 1 saturated heterocycles. The molecule has 0 saturated carbocycles. The number of hydrogen-bond acceptors (Lipinski definition) is 3. The third-order valence-electron chi connectivity index (χ3n) is 3.43. The van der Waals surface area contributed by atoms with Crippen LogP contribution in [0.4, 0.5) is 11.4 Å². The summed E-state index contributed by atoms with van der Waals surface area (Å²) in [6.45, 7) is 2.91. The van der Waals surface area contributed by atoms with E-state index >= 15 is 0 Å². The van der Waals surface area contributed by atoms with Gasteiger partial charge in [0.15, 0.2) is 10.3 Å². The van der Waals surface area contributed by atoms with Crippen molar-refractivity contribution in [3.05, 3.63) is 59.1 Å². The predicted molar refractivity (Wildman–Crippen MR) is 105 cm³/mol. The molecule has 0 unspecified atom stereocenters. The molecule has 0 aliphatic carbocycles. The highest BCUT2D eigenvalue weighted by Gasteiger charge is 2.23. The number of aliphatic imine (C=N–C) groups is 1. The van der Waals surface area contributed by atoms with Crippen LogP contribution < -0.4 is 5.32 Å². The first-order valence-electron chi connectivity index (χ1n) is 7.25. The Labute approximate surface area is 150 Å². The van der Waals surface area contributed by atoms with Crippen molar-refractivity contribution in [2.75, 3.05) is 17.6 Å². The van der Waals surface area contributed by atoms with Crippen LogP contribution in [0.5, 0.6) is 0 Å². The zero-order valence-electron chi connectivity index (χ0n) is 12.6. The second kappa shape index (κ2) is 7.34. The van der Waals surface area contributed by atoms with Crippen molar-refractivity contribution in [2.45, 2.75) is 6.92 Å². The van der Waals surface area contributed by atoms with E-state index < -0.39 is 0 Å². The molecule has 0 radical (unpaired) electrons. The van der Waals surface area contributed by atoms with Crippen molar-refractivity contribution in [1.29, 1.82) is 0 Å². The molecule has 1 N–H and O–H groups in total. The molecule has 118 valence electrons. The maximum atomic E-state index is 6.02. The summed E-state index contributed by atoms with van der Waals surface area (Å²) >= 11 is 13.3. The Morgan fingerprint density at radius 1 is 1.26 bits per heavy atom. The first-order valence-corrected chi connectivity index (χ1v) is 9.02. The number of aryl methyl sites for hydroxylation is 1. The molecule has 3 nitrogen and oxygen atoms in total. The standard InChI is InChI=1S/C17H16ClN3S2/c1-12-5-2-3-8-15(12)20-17-21(9-10-23-17)16(22)19-14-7-4-6-13(18)11-14/h2-8,11H,9-10H2,1H3,(H,19,22). The molecule has 0 bridgehead atoms. The van der Waals surface area contributed by atoms with Gasteiger partial charge in [0.05, 0.1) is 5.69 Å². The Morgan fingerprint density at radius 3 is 2.87 bits per heavy atom. The Bertz CT molecular complexity index is 761. The van der Waals surface area contributed by atoms with Gasteiger partial charge in [-0.3, -0.25) is 4.90 Å². The van der Waals surface area contributed by atoms with Crippen LogP contribution in [0.1, 0.15) is 5.56 Å². The SMILES string of the molecule is Cc1ccccc1N=C1SCCN1C(=S)Nc1cccc(Cl)c1. The van der Waals surface area contributed by atoms with Gasteiger partial charge in [0, 0.05) is 23.0 Å². The Hall–Kier alpha value is -1.56. The molecule has 0 spiro atoms. The molecule has 1 aliphatic heterocycles. The molecule has 1 heterocycles. The molecular weight excluding hydrogens is 346 g/mol. The third kappa shape index (κ3) is 4.05. The van der Waals surface area contributed by atoms with Crippen LogP contribution in [-0.4, -0.2) is 27.5 Å². The molecule has 1 aliphatic rings. The first kappa shape index (κ1) is 16.3. The van der Waals surface area contributed by atoms with Gasteiger partial charge in [-0.1, -0.05) is 47.6 Å². The maximum Gasteiger partial charge on any atom is 0.179 e. The van der Waals surface area contributed by atoms with Crippen molar-refractivity contribution >= 4 is 57.2 Å². The van der Waals surface area contributed by atoms with Gasteiger partial charge >= 0.3 is 0 Å². The van der Waals surface area contributed by atoms with Crippen LogP contribution in [0.3, 0.4) is 0 Å². The molecule has 2 aromatic rings. The first-order chi connectivity index (χ1) is 11.1. The zero-order valence-corrected chi connectivity index (χ0v) is 15.0. The minimum absolute atomic E-state index is 0.643. The lowest BCUT2D eigenvalue weighted by atomic mass is 10.2. The number of nitrogens with one attached hydrogen (secondary N) is 1. The van der Waals surface area contributed by atoms with Crippen LogP contribution >= 0.6 is 35.6 Å². The Balaban J connectivity index is 1.78. The van der Waals surface area contributed by atoms with Gasteiger partial charge < -0.3 is 5.32 Å². The van der Waals surface area contributed by atoms with Gasteiger partial charge in [-0.25, -0.2) is 4.99 Å². The lowest BCUT2D eigenvalue weighted by molar-refractivity contribution is 0.687. The molecular formula is C17H16ClN3S2. The number of anilines is 1. The van der Waals surface area contributed by atoms with E-state index in [4.69, 9.17) is 28.8 Å². The van der Waals surface area contributed by atoms with E-state index in [1.165, 1.54) is 0 Å². The average molecular weight is 362 g/mol. The smallest absolute Gasteiger partial charge is 0.179 e. The monoisotopic (exact) mass is 361 g/mol. The lowest BCUT2D eigenvalue weighted by Gasteiger charge is -2.20. The molecule has 0 atom stereocenters. The normalized spacial score (nSPS) is 15.9. The summed E-state index contributed by atoms with van der Waals surface area (Å²) in [7, 11) is 0. The second-order valence-corrected chi connectivity index (χ2v) is 7.01. The summed E-state index contributed by atoms with van der Waals surface area (Å²) in [6.07, 6.45) is 0. The van der Waals surface area contributed by atoms with E-state index in [2.05, 4.69) is 18.3 Å². The van der Waals surface area contributed by atoms with Crippen LogP contribution in [0.15, 0.2) is 53.5 Å². The van der Waals surface area contributed by atoms with E-state index in [0.29, 0.717) is 10.1 Å². The van der Waals surface area contributed by atoms with E-state index in [1.54, 1.807) is 11.8 Å². The summed E-state index contributed by atoms with van der Waals surface area (Å²) < 4.78 is 0. The molecule has 1 fully saturated rings. The number of thiocarbonyl (C=S) groups is 1. The van der Waals surface area contributed by atoms with Gasteiger partial charge in [-0.2, -0.15) is 0 Å². The van der Waals surface area contributed by atoms with Crippen molar-refractivity contribution in [3.8, 4) is 0 Å². The number of para-hydroxylation sites is 1. The molecule has 2 aromatic carbocycles. The lowest BCUT2D eigenvalue weighted by Crippen LogP contribution is -2.35. The summed E-state index contributed by atoms with van der Waals surface area (Å²) in [5, 5.41) is 5.49. The van der Waals surface area contributed by atoms with Gasteiger partial charge in [0.1, 0.15) is 0 Å². The molecule has 6 heteroatoms. The highest BCUT2D eigenvalue weighted by Crippen LogP contribution is 2.26. The molecule has 3 rings (SSSR count). The van der Waals surface area contributed by atoms with E-state index in [0.717, 1.165) is 34.4 Å². The summed E-state index contributed by atoms with van der Waals surface area (Å²) in [5.41, 5.74) is 3.02. The van der Waals surface area contributed by atoms with Gasteiger partial charge in [0.2, 0.25) is 0 Å². The van der Waals surface area contributed by atoms with Crippen molar-refractivity contribution in [3.63, 3.8) is 0 Å². The molecule has 0 amide bonds. The average Bonchev–Trinajstić information content (AvgIpc) is 2.98. The highest BCUT2D eigenvalue weighted by molar-refractivity contribution is 8.14. The second-order valence-electron chi connectivity index (χ2n) is 5.12. The van der Waals surface area contributed by atoms with Gasteiger partial charge in [0.25, 0.3) is 0 Å². The fraction of sp³-hybridized carbons (Fsp3) is 0.176. The van der Waals surface area contributed by atoms with E-state index in [9.17, 15) is 0 Å². The largest absolute Gasteiger partial charge is 0.332 e. The van der Waals surface area contributed by atoms with Gasteiger partial charge in [-0.05, 0) is 49.0 Å². The van der Waals surface area contributed by atoms with Crippen molar-refractivity contribution in [1.82, 2.24) is 4.90 Å². The number of rotatable bonds is 2. The predicted octanol–water partition coefficient (Wildman–Crippen LogP) is 5.08. The van der Waals surface area contributed by atoms with E-state index in [1.807, 2.05) is 47.4 Å². The van der Waals surface area contributed by atoms with Crippen molar-refractivity contribution < 1.29 is 0 Å². The highest BCUT2D eigenvalue weighted by atomic mass is 35.5. The van der Waals surface area contributed by atoms with Gasteiger partial charge in [-0.15, -0.1) is 0 Å². The number of amidine groups is 1. The Morgan fingerprint density at radius 2 is 2.09 bits per heavy atom. The summed E-state index contributed by atoms with van der Waals surface area (Å²) in [5.74, 6) is 0.974. The number of nitrogens with zero attached hydrogens (tertiary/aromatic N) is 2. The summed E-state index contributed by atoms with van der Waals surface area (Å²) in [4.78, 5) is 6.81. The number of halogens is 1. The quantitative estimate of drug-likeness (QED) is 0.754. The number of thioether (sulfide) groups is 1. The topological polar surface area (TPSA) is 27.6 Å². The molecule has 0 aromatic heterocycles. The van der Waals surface area contributed by atoms with Crippen LogP contribution in [0.2, 0.25) is 5.02 Å². The van der Waals surface area contributed by atoms with Crippen LogP contribution in [-0.2, 0) is 0 Å². The maximum absolute atomic E-state index is 6.02. The fourth-order valence-electron chi connectivity index (χ4n) is 2.23. The number of benzene rings is 2. The van der Waals surface area contributed by atoms with Crippen LogP contribution in [0.25, 0.3) is 0 Å². The van der Waals surface area contributed by atoms with Crippen LogP contribution in [0, 0.1) is 6.92 Å². The minimum atomic E-state index is 0.643. The Kier molecular flexibility index (Phi) is 5.20. The summed E-state index contributed by atoms with van der Waals surface area (Å²) in [6, 6.07) is 15.6. The minimum Gasteiger partial charge on any atom is -0.332 e.